The molecular weight excluding hydrogens is 372 g/mol. The summed E-state index contributed by atoms with van der Waals surface area (Å²) in [5.74, 6) is 0. The van der Waals surface area contributed by atoms with Gasteiger partial charge in [0.15, 0.2) is 0 Å². The number of benzene rings is 2. The molecule has 2 aromatic rings. The van der Waals surface area contributed by atoms with E-state index in [1.807, 2.05) is 0 Å². The van der Waals surface area contributed by atoms with E-state index in [2.05, 4.69) is 102 Å². The van der Waals surface area contributed by atoms with Crippen LogP contribution in [0.4, 0.5) is 0 Å². The summed E-state index contributed by atoms with van der Waals surface area (Å²) >= 11 is -1.84. The standard InChI is InChI=1S/C13H9.C9H18.C5H5.Ti/c1-3-7-12-10(5-1)9-11-6-2-4-8-13(11)12;1-8(2,3)7-9(4,5)6;1-2-4-5-3-1;/h1-5,7-8H,9H2;1-6H3;1-3H,4H2;. The zero-order chi connectivity index (χ0) is 20.1. The molecule has 0 aliphatic heterocycles. The SMILES string of the molecule is CC(C)(C)[C](=[Ti]([C]1=CC=CC1)[c]1cccc2c1Cc1ccccc1-2)C(C)(C)C. The van der Waals surface area contributed by atoms with Crippen LogP contribution < -0.4 is 3.87 Å². The van der Waals surface area contributed by atoms with Crippen LogP contribution in [0.15, 0.2) is 64.6 Å². The molecule has 0 atom stereocenters. The molecule has 2 aliphatic carbocycles. The first-order valence-electron chi connectivity index (χ1n) is 10.5. The number of rotatable bonds is 2. The molecule has 1 heteroatoms. The van der Waals surface area contributed by atoms with Crippen molar-refractivity contribution < 1.29 is 17.4 Å². The van der Waals surface area contributed by atoms with E-state index in [0.717, 1.165) is 12.8 Å². The second-order valence-corrected chi connectivity index (χ2v) is 14.0. The van der Waals surface area contributed by atoms with Gasteiger partial charge in [-0.2, -0.15) is 0 Å². The predicted molar refractivity (Wildman–Crippen MR) is 120 cm³/mol. The molecule has 0 nitrogen and oxygen atoms in total. The first-order valence-corrected chi connectivity index (χ1v) is 12.8. The first kappa shape index (κ1) is 19.8. The van der Waals surface area contributed by atoms with E-state index in [1.54, 1.807) is 17.1 Å². The molecule has 0 N–H and O–H groups in total. The van der Waals surface area contributed by atoms with Crippen LogP contribution in [-0.2, 0) is 23.8 Å². The Morgan fingerprint density at radius 2 is 1.50 bits per heavy atom. The second-order valence-electron chi connectivity index (χ2n) is 10.2. The minimum atomic E-state index is -1.84. The van der Waals surface area contributed by atoms with Gasteiger partial charge in [0.25, 0.3) is 0 Å². The number of hydrogen-bond donors (Lipinski definition) is 0. The van der Waals surface area contributed by atoms with Gasteiger partial charge in [0.2, 0.25) is 0 Å². The summed E-state index contributed by atoms with van der Waals surface area (Å²) in [4.78, 5) is 0. The van der Waals surface area contributed by atoms with Gasteiger partial charge in [-0.3, -0.25) is 0 Å². The average molecular weight is 404 g/mol. The van der Waals surface area contributed by atoms with Crippen LogP contribution in [-0.4, -0.2) is 3.81 Å². The average Bonchev–Trinajstić information content (AvgIpc) is 3.24. The number of hydrogen-bond acceptors (Lipinski definition) is 0. The van der Waals surface area contributed by atoms with Gasteiger partial charge in [-0.15, -0.1) is 0 Å². The zero-order valence-electron chi connectivity index (χ0n) is 18.2. The van der Waals surface area contributed by atoms with Gasteiger partial charge in [0, 0.05) is 0 Å². The molecule has 0 radical (unpaired) electrons. The van der Waals surface area contributed by atoms with Crippen molar-refractivity contribution in [1.29, 1.82) is 0 Å². The van der Waals surface area contributed by atoms with Gasteiger partial charge in [0.1, 0.15) is 0 Å². The number of fused-ring (bicyclic) bond motifs is 3. The summed E-state index contributed by atoms with van der Waals surface area (Å²) < 4.78 is 5.20. The molecule has 0 unspecified atom stereocenters. The van der Waals surface area contributed by atoms with Gasteiger partial charge in [-0.25, -0.2) is 0 Å². The Kier molecular flexibility index (Phi) is 5.01. The Balaban J connectivity index is 2.03. The Hall–Kier alpha value is -1.50. The summed E-state index contributed by atoms with van der Waals surface area (Å²) in [6, 6.07) is 16.1. The van der Waals surface area contributed by atoms with Crippen molar-refractivity contribution in [3.05, 3.63) is 75.7 Å². The molecule has 4 rings (SSSR count). The van der Waals surface area contributed by atoms with Crippen LogP contribution >= 0.6 is 0 Å². The summed E-state index contributed by atoms with van der Waals surface area (Å²) in [5.41, 5.74) is 6.46. The quantitative estimate of drug-likeness (QED) is 0.422. The van der Waals surface area contributed by atoms with E-state index in [-0.39, 0.29) is 10.8 Å². The normalized spacial score (nSPS) is 15.3. The molecule has 0 heterocycles. The topological polar surface area (TPSA) is 0 Å². The third-order valence-electron chi connectivity index (χ3n) is 5.96. The second kappa shape index (κ2) is 7.08. The molecule has 0 bridgehead atoms. The van der Waals surface area contributed by atoms with Gasteiger partial charge in [-0.05, 0) is 0 Å². The third kappa shape index (κ3) is 3.47. The van der Waals surface area contributed by atoms with E-state index in [9.17, 15) is 0 Å². The summed E-state index contributed by atoms with van der Waals surface area (Å²) in [5, 5.41) is 0. The van der Waals surface area contributed by atoms with Crippen molar-refractivity contribution in [1.82, 2.24) is 0 Å². The van der Waals surface area contributed by atoms with Crippen molar-refractivity contribution in [3.8, 4) is 11.1 Å². The van der Waals surface area contributed by atoms with Crippen LogP contribution in [0.25, 0.3) is 11.1 Å². The molecule has 2 aliphatic rings. The Bertz CT molecular complexity index is 1000. The van der Waals surface area contributed by atoms with Crippen LogP contribution in [0.5, 0.6) is 0 Å². The van der Waals surface area contributed by atoms with Crippen molar-refractivity contribution in [2.75, 3.05) is 0 Å². The summed E-state index contributed by atoms with van der Waals surface area (Å²) in [6.07, 6.45) is 9.31. The van der Waals surface area contributed by atoms with Crippen LogP contribution in [0.3, 0.4) is 0 Å². The van der Waals surface area contributed by atoms with Gasteiger partial charge in [-0.1, -0.05) is 0 Å². The van der Waals surface area contributed by atoms with E-state index in [0.29, 0.717) is 0 Å². The van der Waals surface area contributed by atoms with Gasteiger partial charge < -0.3 is 0 Å². The molecule has 0 spiro atoms. The maximum absolute atomic E-state index is 2.47. The van der Waals surface area contributed by atoms with Crippen LogP contribution in [0.2, 0.25) is 0 Å². The van der Waals surface area contributed by atoms with Crippen molar-refractivity contribution >= 4 is 7.68 Å². The van der Waals surface area contributed by atoms with E-state index in [4.69, 9.17) is 0 Å². The van der Waals surface area contributed by atoms with Crippen molar-refractivity contribution in [3.63, 3.8) is 0 Å². The zero-order valence-corrected chi connectivity index (χ0v) is 19.7. The predicted octanol–water partition coefficient (Wildman–Crippen LogP) is 6.61. The van der Waals surface area contributed by atoms with E-state index >= 15 is 0 Å². The molecule has 0 fully saturated rings. The molecule has 144 valence electrons. The first-order chi connectivity index (χ1) is 13.2. The fraction of sp³-hybridized carbons (Fsp3) is 0.370. The van der Waals surface area contributed by atoms with Crippen LogP contribution in [0.1, 0.15) is 59.1 Å². The molecule has 0 saturated carbocycles. The maximum atomic E-state index is 2.47. The summed E-state index contributed by atoms with van der Waals surface area (Å²) in [6.45, 7) is 14.6. The Labute approximate surface area is 176 Å². The molecule has 0 aromatic heterocycles. The molecule has 28 heavy (non-hydrogen) atoms. The Morgan fingerprint density at radius 1 is 0.821 bits per heavy atom. The number of allylic oxidation sites excluding steroid dienone is 4. The minimum absolute atomic E-state index is 0.213. The Morgan fingerprint density at radius 3 is 2.14 bits per heavy atom. The molecule has 0 amide bonds. The fourth-order valence-electron chi connectivity index (χ4n) is 5.37. The summed E-state index contributed by atoms with van der Waals surface area (Å²) in [7, 11) is 0. The van der Waals surface area contributed by atoms with Gasteiger partial charge >= 0.3 is 177 Å². The molecular formula is C27H32Ti. The van der Waals surface area contributed by atoms with E-state index < -0.39 is 17.4 Å². The van der Waals surface area contributed by atoms with E-state index in [1.165, 1.54) is 16.7 Å². The third-order valence-corrected chi connectivity index (χ3v) is 12.2. The fourth-order valence-corrected chi connectivity index (χ4v) is 11.3. The van der Waals surface area contributed by atoms with Crippen LogP contribution in [0, 0.1) is 10.8 Å². The molecule has 0 saturated heterocycles. The molecule has 2 aromatic carbocycles. The monoisotopic (exact) mass is 404 g/mol. The van der Waals surface area contributed by atoms with Crippen molar-refractivity contribution in [2.45, 2.75) is 54.4 Å². The van der Waals surface area contributed by atoms with Gasteiger partial charge in [0.05, 0.1) is 0 Å². The van der Waals surface area contributed by atoms with Crippen molar-refractivity contribution in [2.24, 2.45) is 10.8 Å².